The number of sulfonamides is 1. The molecule has 1 aliphatic heterocycles. The molecule has 0 aliphatic carbocycles. The van der Waals surface area contributed by atoms with E-state index in [1.54, 1.807) is 0 Å². The van der Waals surface area contributed by atoms with Crippen LogP contribution in [0.2, 0.25) is 0 Å². The van der Waals surface area contributed by atoms with Crippen LogP contribution in [-0.2, 0) is 16.2 Å². The van der Waals surface area contributed by atoms with E-state index in [-0.39, 0.29) is 18.9 Å². The number of rotatable bonds is 4. The molecule has 0 aromatic carbocycles. The van der Waals surface area contributed by atoms with Crippen molar-refractivity contribution in [1.29, 1.82) is 0 Å². The maximum Gasteiger partial charge on any atom is 0.434 e. The minimum atomic E-state index is -4.93. The molecule has 2 aromatic heterocycles. The van der Waals surface area contributed by atoms with Crippen molar-refractivity contribution in [3.05, 3.63) is 39.9 Å². The number of hydrogen-bond donors (Lipinski definition) is 2. The van der Waals surface area contributed by atoms with Crippen molar-refractivity contribution in [2.24, 2.45) is 0 Å². The smallest absolute Gasteiger partial charge is 0.337 e. The highest BCUT2D eigenvalue weighted by Crippen LogP contribution is 2.34. The lowest BCUT2D eigenvalue weighted by atomic mass is 10.1. The minimum Gasteiger partial charge on any atom is -0.337 e. The van der Waals surface area contributed by atoms with Gasteiger partial charge in [-0.1, -0.05) is 0 Å². The predicted octanol–water partition coefficient (Wildman–Crippen LogP) is 0.128. The van der Waals surface area contributed by atoms with Crippen LogP contribution in [-0.4, -0.2) is 64.6 Å². The molecule has 10 nitrogen and oxygen atoms in total. The Labute approximate surface area is 162 Å². The maximum atomic E-state index is 13.7. The first-order chi connectivity index (χ1) is 13.5. The molecule has 0 radical (unpaired) electrons. The van der Waals surface area contributed by atoms with Crippen LogP contribution < -0.4 is 10.3 Å². The van der Waals surface area contributed by atoms with Gasteiger partial charge in [-0.2, -0.15) is 23.4 Å². The summed E-state index contributed by atoms with van der Waals surface area (Å²) in [7, 11) is -3.53. The van der Waals surface area contributed by atoms with Crippen molar-refractivity contribution in [1.82, 2.24) is 29.6 Å². The lowest BCUT2D eigenvalue weighted by Gasteiger charge is -2.32. The molecule has 1 amide bonds. The Morgan fingerprint density at radius 2 is 2.07 bits per heavy atom. The first kappa shape index (κ1) is 21.0. The third-order valence-electron chi connectivity index (χ3n) is 4.24. The SMILES string of the molecule is CS(=O)(=O)NC1CCCN(C(=O)c2cnn(-c3ccc(=O)[nH]n3)c2C(F)(F)F)C1. The van der Waals surface area contributed by atoms with Gasteiger partial charge in [0.2, 0.25) is 10.0 Å². The molecule has 0 saturated carbocycles. The highest BCUT2D eigenvalue weighted by atomic mass is 32.2. The second-order valence-electron chi connectivity index (χ2n) is 6.58. The molecule has 29 heavy (non-hydrogen) atoms. The van der Waals surface area contributed by atoms with Crippen LogP contribution in [0.1, 0.15) is 28.9 Å². The fourth-order valence-corrected chi connectivity index (χ4v) is 3.94. The van der Waals surface area contributed by atoms with Gasteiger partial charge < -0.3 is 4.90 Å². The summed E-state index contributed by atoms with van der Waals surface area (Å²) in [6.45, 7) is 0.117. The third kappa shape index (κ3) is 4.82. The molecular weight excluding hydrogens is 417 g/mol. The second-order valence-corrected chi connectivity index (χ2v) is 8.36. The number of piperidine rings is 1. The van der Waals surface area contributed by atoms with Gasteiger partial charge in [-0.05, 0) is 18.9 Å². The zero-order chi connectivity index (χ0) is 21.4. The average Bonchev–Trinajstić information content (AvgIpc) is 3.06. The predicted molar refractivity (Wildman–Crippen MR) is 93.9 cm³/mol. The summed E-state index contributed by atoms with van der Waals surface area (Å²) in [5.74, 6) is -1.24. The van der Waals surface area contributed by atoms with E-state index in [1.807, 2.05) is 5.10 Å². The molecule has 3 rings (SSSR count). The lowest BCUT2D eigenvalue weighted by Crippen LogP contribution is -2.49. The summed E-state index contributed by atoms with van der Waals surface area (Å²) in [5.41, 5.74) is -2.63. The number of aromatic nitrogens is 4. The van der Waals surface area contributed by atoms with Crippen LogP contribution in [0.3, 0.4) is 0 Å². The molecule has 1 saturated heterocycles. The first-order valence-corrected chi connectivity index (χ1v) is 10.3. The number of likely N-dealkylation sites (tertiary alicyclic amines) is 1. The number of alkyl halides is 3. The Balaban J connectivity index is 1.95. The molecule has 3 heterocycles. The van der Waals surface area contributed by atoms with E-state index in [0.717, 1.165) is 29.5 Å². The molecule has 0 bridgehead atoms. The Morgan fingerprint density at radius 3 is 2.66 bits per heavy atom. The average molecular weight is 434 g/mol. The van der Waals surface area contributed by atoms with Gasteiger partial charge in [-0.15, -0.1) is 0 Å². The van der Waals surface area contributed by atoms with Gasteiger partial charge >= 0.3 is 6.18 Å². The third-order valence-corrected chi connectivity index (χ3v) is 5.00. The number of carbonyl (C=O) groups excluding carboxylic acids is 1. The van der Waals surface area contributed by atoms with Crippen LogP contribution >= 0.6 is 0 Å². The monoisotopic (exact) mass is 434 g/mol. The molecule has 1 aliphatic rings. The Bertz CT molecular complexity index is 1060. The van der Waals surface area contributed by atoms with Crippen LogP contribution in [0.15, 0.2) is 23.1 Å². The number of H-pyrrole nitrogens is 1. The lowest BCUT2D eigenvalue weighted by molar-refractivity contribution is -0.143. The van der Waals surface area contributed by atoms with E-state index in [4.69, 9.17) is 0 Å². The van der Waals surface area contributed by atoms with Gasteiger partial charge in [0.25, 0.3) is 11.5 Å². The topological polar surface area (TPSA) is 130 Å². The Hall–Kier alpha value is -2.74. The fraction of sp³-hybridized carbons (Fsp3) is 0.467. The van der Waals surface area contributed by atoms with Crippen LogP contribution in [0.5, 0.6) is 0 Å². The van der Waals surface area contributed by atoms with Gasteiger partial charge in [0.15, 0.2) is 11.5 Å². The summed E-state index contributed by atoms with van der Waals surface area (Å²) < 4.78 is 66.7. The second kappa shape index (κ2) is 7.59. The largest absolute Gasteiger partial charge is 0.434 e. The van der Waals surface area contributed by atoms with Gasteiger partial charge in [0, 0.05) is 25.2 Å². The minimum absolute atomic E-state index is 0.0642. The number of halogens is 3. The van der Waals surface area contributed by atoms with Crippen molar-refractivity contribution in [3.63, 3.8) is 0 Å². The van der Waals surface area contributed by atoms with E-state index >= 15 is 0 Å². The van der Waals surface area contributed by atoms with Crippen LogP contribution in [0.25, 0.3) is 5.82 Å². The molecule has 1 unspecified atom stereocenters. The fourth-order valence-electron chi connectivity index (χ4n) is 3.14. The zero-order valence-electron chi connectivity index (χ0n) is 15.1. The zero-order valence-corrected chi connectivity index (χ0v) is 15.9. The number of aromatic amines is 1. The van der Waals surface area contributed by atoms with Gasteiger partial charge in [-0.25, -0.2) is 22.9 Å². The van der Waals surface area contributed by atoms with E-state index in [9.17, 15) is 31.2 Å². The summed E-state index contributed by atoms with van der Waals surface area (Å²) in [4.78, 5) is 25.1. The van der Waals surface area contributed by atoms with E-state index in [0.29, 0.717) is 17.5 Å². The number of nitrogens with zero attached hydrogens (tertiary/aromatic N) is 4. The van der Waals surface area contributed by atoms with E-state index in [2.05, 4.69) is 14.9 Å². The summed E-state index contributed by atoms with van der Waals surface area (Å²) in [6.07, 6.45) is -2.29. The number of carbonyl (C=O) groups is 1. The van der Waals surface area contributed by atoms with Gasteiger partial charge in [-0.3, -0.25) is 9.59 Å². The number of hydrogen-bond acceptors (Lipinski definition) is 6. The molecule has 2 N–H and O–H groups in total. The highest BCUT2D eigenvalue weighted by molar-refractivity contribution is 7.88. The molecule has 1 atom stereocenters. The van der Waals surface area contributed by atoms with Crippen molar-refractivity contribution < 1.29 is 26.4 Å². The summed E-state index contributed by atoms with van der Waals surface area (Å²) >= 11 is 0. The number of nitrogens with one attached hydrogen (secondary N) is 2. The number of amides is 1. The van der Waals surface area contributed by atoms with Crippen molar-refractivity contribution >= 4 is 15.9 Å². The molecule has 14 heteroatoms. The van der Waals surface area contributed by atoms with Crippen LogP contribution in [0, 0.1) is 0 Å². The van der Waals surface area contributed by atoms with Crippen LogP contribution in [0.4, 0.5) is 13.2 Å². The first-order valence-electron chi connectivity index (χ1n) is 8.43. The Morgan fingerprint density at radius 1 is 1.34 bits per heavy atom. The van der Waals surface area contributed by atoms with E-state index in [1.165, 1.54) is 0 Å². The van der Waals surface area contributed by atoms with E-state index < -0.39 is 45.0 Å². The summed E-state index contributed by atoms with van der Waals surface area (Å²) in [6, 6.07) is 1.44. The normalized spacial score (nSPS) is 18.1. The van der Waals surface area contributed by atoms with Gasteiger partial charge in [0.05, 0.1) is 18.0 Å². The highest BCUT2D eigenvalue weighted by Gasteiger charge is 2.42. The van der Waals surface area contributed by atoms with Crippen molar-refractivity contribution in [3.8, 4) is 5.82 Å². The standard InChI is InChI=1S/C15H17F3N6O4S/c1-29(27,28)22-9-3-2-6-23(8-9)14(26)10-7-19-24(13(10)15(16,17)18)11-4-5-12(25)21-20-11/h4-5,7,9,22H,2-3,6,8H2,1H3,(H,21,25). The molecule has 0 spiro atoms. The molecule has 2 aromatic rings. The van der Waals surface area contributed by atoms with Gasteiger partial charge in [0.1, 0.15) is 0 Å². The van der Waals surface area contributed by atoms with Crippen molar-refractivity contribution in [2.45, 2.75) is 25.1 Å². The maximum absolute atomic E-state index is 13.7. The molecular formula is C15H17F3N6O4S. The molecule has 158 valence electrons. The molecule has 1 fully saturated rings. The Kier molecular flexibility index (Phi) is 5.49. The van der Waals surface area contributed by atoms with Crippen molar-refractivity contribution in [2.75, 3.05) is 19.3 Å². The summed E-state index contributed by atoms with van der Waals surface area (Å²) in [5, 5.41) is 9.16. The quantitative estimate of drug-likeness (QED) is 0.704.